The molecule has 1 saturated carbocycles. The Morgan fingerprint density at radius 2 is 2.00 bits per heavy atom. The molecule has 1 aliphatic heterocycles. The zero-order valence-corrected chi connectivity index (χ0v) is 13.8. The zero-order chi connectivity index (χ0) is 15.8. The topological polar surface area (TPSA) is 69.2 Å². The summed E-state index contributed by atoms with van der Waals surface area (Å²) in [7, 11) is 3.50. The first-order valence-electron chi connectivity index (χ1n) is 8.17. The molecule has 2 rings (SSSR count). The smallest absolute Gasteiger partial charge is 0.243 e. The van der Waals surface area contributed by atoms with Crippen LogP contribution in [0.1, 0.15) is 12.8 Å². The zero-order valence-electron chi connectivity index (χ0n) is 13.8. The van der Waals surface area contributed by atoms with E-state index in [2.05, 4.69) is 20.5 Å². The summed E-state index contributed by atoms with van der Waals surface area (Å²) in [5.41, 5.74) is 0. The second-order valence-electron chi connectivity index (χ2n) is 6.16. The average molecular weight is 311 g/mol. The number of amides is 1. The summed E-state index contributed by atoms with van der Waals surface area (Å²) in [5.74, 6) is 1.53. The maximum Gasteiger partial charge on any atom is 0.243 e. The Balaban J connectivity index is 1.72. The van der Waals surface area contributed by atoms with E-state index in [1.807, 2.05) is 0 Å². The highest BCUT2D eigenvalue weighted by molar-refractivity contribution is 5.84. The van der Waals surface area contributed by atoms with E-state index in [4.69, 9.17) is 4.74 Å². The van der Waals surface area contributed by atoms with Crippen LogP contribution in [0.2, 0.25) is 0 Å². The molecule has 2 N–H and O–H groups in total. The number of carbonyl (C=O) groups excluding carboxylic acids is 1. The molecule has 1 amide bonds. The summed E-state index contributed by atoms with van der Waals surface area (Å²) in [6.07, 6.45) is 2.59. The Hall–Kier alpha value is -1.34. The Labute approximate surface area is 133 Å². The summed E-state index contributed by atoms with van der Waals surface area (Å²) in [5, 5.41) is 6.67. The minimum atomic E-state index is 0.0145. The fraction of sp³-hybridized carbons (Fsp3) is 0.867. The van der Waals surface area contributed by atoms with Gasteiger partial charge in [0.1, 0.15) is 6.54 Å². The molecule has 0 unspecified atom stereocenters. The first kappa shape index (κ1) is 17.0. The van der Waals surface area contributed by atoms with Crippen molar-refractivity contribution in [3.8, 4) is 0 Å². The van der Waals surface area contributed by atoms with Gasteiger partial charge in [0.05, 0.1) is 13.2 Å². The minimum Gasteiger partial charge on any atom is -0.379 e. The molecule has 2 fully saturated rings. The molecule has 1 heterocycles. The van der Waals surface area contributed by atoms with Gasteiger partial charge in [-0.3, -0.25) is 9.69 Å². The third-order valence-electron chi connectivity index (χ3n) is 3.95. The van der Waals surface area contributed by atoms with Crippen LogP contribution in [0, 0.1) is 5.92 Å². The van der Waals surface area contributed by atoms with E-state index in [0.29, 0.717) is 0 Å². The molecule has 0 bridgehead atoms. The molecule has 0 radical (unpaired) electrons. The highest BCUT2D eigenvalue weighted by atomic mass is 16.5. The SMILES string of the molecule is CN(C)C(=O)CN=C(NCCN1CCOCC1)NCC1CC1. The summed E-state index contributed by atoms with van der Waals surface area (Å²) >= 11 is 0. The Kier molecular flexibility index (Phi) is 6.92. The third-order valence-corrected chi connectivity index (χ3v) is 3.95. The van der Waals surface area contributed by atoms with Gasteiger partial charge < -0.3 is 20.3 Å². The molecule has 0 spiro atoms. The van der Waals surface area contributed by atoms with Gasteiger partial charge in [-0.05, 0) is 18.8 Å². The molecule has 126 valence electrons. The second kappa shape index (κ2) is 8.95. The van der Waals surface area contributed by atoms with Gasteiger partial charge in [0, 0.05) is 46.8 Å². The van der Waals surface area contributed by atoms with Crippen LogP contribution in [0.5, 0.6) is 0 Å². The normalized spacial score (nSPS) is 19.8. The van der Waals surface area contributed by atoms with Crippen LogP contribution in [-0.4, -0.2) is 88.2 Å². The molecule has 22 heavy (non-hydrogen) atoms. The summed E-state index contributed by atoms with van der Waals surface area (Å²) in [6, 6.07) is 0. The Morgan fingerprint density at radius 1 is 1.27 bits per heavy atom. The number of guanidine groups is 1. The number of aliphatic imine (C=N–C) groups is 1. The molecule has 1 aliphatic carbocycles. The van der Waals surface area contributed by atoms with E-state index in [1.165, 1.54) is 12.8 Å². The lowest BCUT2D eigenvalue weighted by molar-refractivity contribution is -0.127. The monoisotopic (exact) mass is 311 g/mol. The number of morpholine rings is 1. The lowest BCUT2D eigenvalue weighted by Crippen LogP contribution is -2.45. The quantitative estimate of drug-likeness (QED) is 0.483. The van der Waals surface area contributed by atoms with Crippen LogP contribution in [0.3, 0.4) is 0 Å². The highest BCUT2D eigenvalue weighted by Gasteiger charge is 2.21. The van der Waals surface area contributed by atoms with Crippen LogP contribution in [-0.2, 0) is 9.53 Å². The number of hydrogen-bond acceptors (Lipinski definition) is 4. The number of nitrogens with one attached hydrogen (secondary N) is 2. The van der Waals surface area contributed by atoms with Gasteiger partial charge in [0.2, 0.25) is 5.91 Å². The average Bonchev–Trinajstić information content (AvgIpc) is 3.34. The molecule has 7 heteroatoms. The van der Waals surface area contributed by atoms with E-state index >= 15 is 0 Å². The molecular weight excluding hydrogens is 282 g/mol. The molecule has 0 aromatic heterocycles. The number of carbonyl (C=O) groups is 1. The molecular formula is C15H29N5O2. The summed E-state index contributed by atoms with van der Waals surface area (Å²) in [6.45, 7) is 6.54. The Bertz CT molecular complexity index is 376. The number of likely N-dealkylation sites (N-methyl/N-ethyl adjacent to an activating group) is 1. The van der Waals surface area contributed by atoms with E-state index in [9.17, 15) is 4.79 Å². The number of ether oxygens (including phenoxy) is 1. The van der Waals surface area contributed by atoms with Crippen molar-refractivity contribution in [3.05, 3.63) is 0 Å². The predicted octanol–water partition coefficient (Wildman–Crippen LogP) is -0.648. The lowest BCUT2D eigenvalue weighted by atomic mass is 10.4. The van der Waals surface area contributed by atoms with Crippen molar-refractivity contribution in [2.24, 2.45) is 10.9 Å². The fourth-order valence-corrected chi connectivity index (χ4v) is 2.18. The third kappa shape index (κ3) is 6.62. The highest BCUT2D eigenvalue weighted by Crippen LogP contribution is 2.27. The summed E-state index contributed by atoms with van der Waals surface area (Å²) < 4.78 is 5.35. The fourth-order valence-electron chi connectivity index (χ4n) is 2.18. The van der Waals surface area contributed by atoms with Gasteiger partial charge in [0.25, 0.3) is 0 Å². The lowest BCUT2D eigenvalue weighted by Gasteiger charge is -2.26. The van der Waals surface area contributed by atoms with Crippen LogP contribution in [0.4, 0.5) is 0 Å². The van der Waals surface area contributed by atoms with Gasteiger partial charge in [-0.1, -0.05) is 0 Å². The van der Waals surface area contributed by atoms with E-state index < -0.39 is 0 Å². The first-order chi connectivity index (χ1) is 10.6. The van der Waals surface area contributed by atoms with Gasteiger partial charge >= 0.3 is 0 Å². The van der Waals surface area contributed by atoms with Crippen molar-refractivity contribution in [2.45, 2.75) is 12.8 Å². The van der Waals surface area contributed by atoms with E-state index in [1.54, 1.807) is 19.0 Å². The van der Waals surface area contributed by atoms with Crippen LogP contribution < -0.4 is 10.6 Å². The number of nitrogens with zero attached hydrogens (tertiary/aromatic N) is 3. The Morgan fingerprint density at radius 3 is 2.64 bits per heavy atom. The largest absolute Gasteiger partial charge is 0.379 e. The van der Waals surface area contributed by atoms with Crippen LogP contribution in [0.15, 0.2) is 4.99 Å². The second-order valence-corrected chi connectivity index (χ2v) is 6.16. The van der Waals surface area contributed by atoms with Gasteiger partial charge in [-0.2, -0.15) is 0 Å². The molecule has 0 atom stereocenters. The summed E-state index contributed by atoms with van der Waals surface area (Å²) in [4.78, 5) is 20.0. The van der Waals surface area contributed by atoms with Crippen LogP contribution >= 0.6 is 0 Å². The molecule has 0 aromatic rings. The first-order valence-corrected chi connectivity index (χ1v) is 8.17. The predicted molar refractivity (Wildman–Crippen MR) is 87.0 cm³/mol. The number of rotatable bonds is 7. The minimum absolute atomic E-state index is 0.0145. The maximum absolute atomic E-state index is 11.7. The van der Waals surface area contributed by atoms with Gasteiger partial charge in [-0.25, -0.2) is 4.99 Å². The van der Waals surface area contributed by atoms with Crippen molar-refractivity contribution in [1.29, 1.82) is 0 Å². The van der Waals surface area contributed by atoms with Crippen molar-refractivity contribution >= 4 is 11.9 Å². The molecule has 7 nitrogen and oxygen atoms in total. The molecule has 0 aromatic carbocycles. The van der Waals surface area contributed by atoms with Crippen molar-refractivity contribution in [1.82, 2.24) is 20.4 Å². The molecule has 2 aliphatic rings. The standard InChI is InChI=1S/C15H29N5O2/c1-19(2)14(21)12-18-15(17-11-13-3-4-13)16-5-6-20-7-9-22-10-8-20/h13H,3-12H2,1-2H3,(H2,16,17,18). The van der Waals surface area contributed by atoms with Crippen molar-refractivity contribution in [3.63, 3.8) is 0 Å². The van der Waals surface area contributed by atoms with Crippen molar-refractivity contribution < 1.29 is 9.53 Å². The van der Waals surface area contributed by atoms with Gasteiger partial charge in [0.15, 0.2) is 5.96 Å². The van der Waals surface area contributed by atoms with E-state index in [0.717, 1.165) is 57.8 Å². The van der Waals surface area contributed by atoms with Crippen LogP contribution in [0.25, 0.3) is 0 Å². The van der Waals surface area contributed by atoms with Gasteiger partial charge in [-0.15, -0.1) is 0 Å². The molecule has 1 saturated heterocycles. The van der Waals surface area contributed by atoms with Crippen molar-refractivity contribution in [2.75, 3.05) is 66.6 Å². The maximum atomic E-state index is 11.7. The van der Waals surface area contributed by atoms with E-state index in [-0.39, 0.29) is 12.5 Å². The number of hydrogen-bond donors (Lipinski definition) is 2.